The number of amides is 2. The molecular weight excluding hydrogens is 332 g/mol. The lowest BCUT2D eigenvalue weighted by atomic mass is 10.2. The van der Waals surface area contributed by atoms with Crippen LogP contribution in [0, 0.1) is 0 Å². The van der Waals surface area contributed by atoms with E-state index in [1.54, 1.807) is 36.4 Å². The molecule has 0 fully saturated rings. The summed E-state index contributed by atoms with van der Waals surface area (Å²) in [5.41, 5.74) is 1.41. The molecule has 0 aliphatic rings. The zero-order valence-corrected chi connectivity index (χ0v) is 13.6. The number of hydrogen-bond acceptors (Lipinski definition) is 4. The highest BCUT2D eigenvalue weighted by Gasteiger charge is 2.11. The van der Waals surface area contributed by atoms with Crippen LogP contribution < -0.4 is 10.6 Å². The number of ether oxygens (including phenoxy) is 1. The first-order valence-electron chi connectivity index (χ1n) is 7.01. The third-order valence-corrected chi connectivity index (χ3v) is 3.29. The summed E-state index contributed by atoms with van der Waals surface area (Å²) in [4.78, 5) is 35.0. The Hall–Kier alpha value is -2.86. The summed E-state index contributed by atoms with van der Waals surface area (Å²) in [5.74, 6) is -1.37. The maximum absolute atomic E-state index is 11.9. The van der Waals surface area contributed by atoms with Gasteiger partial charge in [-0.25, -0.2) is 4.79 Å². The zero-order chi connectivity index (χ0) is 17.5. The number of carbonyl (C=O) groups is 3. The lowest BCUT2D eigenvalue weighted by Crippen LogP contribution is -2.21. The van der Waals surface area contributed by atoms with Crippen LogP contribution in [0.1, 0.15) is 16.8 Å². The molecule has 0 aliphatic heterocycles. The minimum atomic E-state index is -0.465. The van der Waals surface area contributed by atoms with E-state index in [2.05, 4.69) is 15.4 Å². The van der Waals surface area contributed by atoms with Gasteiger partial charge in [-0.15, -0.1) is 0 Å². The van der Waals surface area contributed by atoms with Gasteiger partial charge in [-0.2, -0.15) is 0 Å². The zero-order valence-electron chi connectivity index (χ0n) is 12.8. The van der Waals surface area contributed by atoms with Crippen LogP contribution in [0.4, 0.5) is 11.4 Å². The fourth-order valence-corrected chi connectivity index (χ4v) is 2.02. The third kappa shape index (κ3) is 5.10. The number of benzene rings is 2. The van der Waals surface area contributed by atoms with Gasteiger partial charge in [-0.05, 0) is 48.5 Å². The molecule has 2 amide bonds. The van der Waals surface area contributed by atoms with Gasteiger partial charge in [0, 0.05) is 16.4 Å². The normalized spacial score (nSPS) is 9.92. The number of anilines is 2. The quantitative estimate of drug-likeness (QED) is 0.643. The number of rotatable bonds is 5. The van der Waals surface area contributed by atoms with E-state index < -0.39 is 17.8 Å². The van der Waals surface area contributed by atoms with Gasteiger partial charge in [0.25, 0.3) is 0 Å². The summed E-state index contributed by atoms with van der Waals surface area (Å²) in [6, 6.07) is 12.7. The maximum atomic E-state index is 11.9. The average Bonchev–Trinajstić information content (AvgIpc) is 2.56. The van der Waals surface area contributed by atoms with E-state index in [4.69, 9.17) is 11.6 Å². The molecule has 0 aliphatic carbocycles. The van der Waals surface area contributed by atoms with Crippen molar-refractivity contribution in [1.82, 2.24) is 0 Å². The van der Waals surface area contributed by atoms with Crippen molar-refractivity contribution >= 4 is 40.8 Å². The van der Waals surface area contributed by atoms with Crippen LogP contribution in [-0.2, 0) is 14.3 Å². The summed E-state index contributed by atoms with van der Waals surface area (Å²) >= 11 is 5.76. The molecule has 0 saturated heterocycles. The topological polar surface area (TPSA) is 84.5 Å². The van der Waals surface area contributed by atoms with Gasteiger partial charge >= 0.3 is 5.97 Å². The van der Waals surface area contributed by atoms with Crippen molar-refractivity contribution in [2.75, 3.05) is 17.7 Å². The van der Waals surface area contributed by atoms with Gasteiger partial charge < -0.3 is 15.4 Å². The SMILES string of the molecule is COC(=O)c1ccc(NC(=O)CC(=O)Nc2ccc(Cl)cc2)cc1. The van der Waals surface area contributed by atoms with E-state index in [9.17, 15) is 14.4 Å². The summed E-state index contributed by atoms with van der Waals surface area (Å²) in [6.07, 6.45) is -0.332. The van der Waals surface area contributed by atoms with E-state index in [0.717, 1.165) is 0 Å². The number of carbonyl (C=O) groups excluding carboxylic acids is 3. The number of methoxy groups -OCH3 is 1. The van der Waals surface area contributed by atoms with Crippen LogP contribution >= 0.6 is 11.6 Å². The van der Waals surface area contributed by atoms with Crippen LogP contribution in [0.5, 0.6) is 0 Å². The van der Waals surface area contributed by atoms with Gasteiger partial charge in [0.2, 0.25) is 11.8 Å². The predicted octanol–water partition coefficient (Wildman–Crippen LogP) is 3.09. The molecule has 0 unspecified atom stereocenters. The van der Waals surface area contributed by atoms with E-state index in [1.807, 2.05) is 0 Å². The lowest BCUT2D eigenvalue weighted by Gasteiger charge is -2.07. The van der Waals surface area contributed by atoms with Crippen molar-refractivity contribution in [2.24, 2.45) is 0 Å². The molecule has 7 heteroatoms. The number of nitrogens with one attached hydrogen (secondary N) is 2. The molecule has 0 saturated carbocycles. The van der Waals surface area contributed by atoms with Crippen molar-refractivity contribution < 1.29 is 19.1 Å². The Labute approximate surface area is 143 Å². The Kier molecular flexibility index (Phi) is 5.92. The molecule has 0 radical (unpaired) electrons. The second-order valence-corrected chi connectivity index (χ2v) is 5.29. The van der Waals surface area contributed by atoms with E-state index in [0.29, 0.717) is 22.0 Å². The van der Waals surface area contributed by atoms with E-state index in [1.165, 1.54) is 19.2 Å². The van der Waals surface area contributed by atoms with E-state index >= 15 is 0 Å². The minimum absolute atomic E-state index is 0.332. The molecule has 0 heterocycles. The Balaban J connectivity index is 1.87. The molecule has 6 nitrogen and oxygen atoms in total. The van der Waals surface area contributed by atoms with E-state index in [-0.39, 0.29) is 6.42 Å². The second kappa shape index (κ2) is 8.12. The first-order chi connectivity index (χ1) is 11.5. The lowest BCUT2D eigenvalue weighted by molar-refractivity contribution is -0.123. The van der Waals surface area contributed by atoms with Crippen LogP contribution in [0.2, 0.25) is 5.02 Å². The monoisotopic (exact) mass is 346 g/mol. The van der Waals surface area contributed by atoms with Crippen LogP contribution in [0.3, 0.4) is 0 Å². The molecule has 124 valence electrons. The summed E-state index contributed by atoms with van der Waals surface area (Å²) in [7, 11) is 1.29. The van der Waals surface area contributed by atoms with Crippen molar-refractivity contribution in [3.8, 4) is 0 Å². The summed E-state index contributed by atoms with van der Waals surface area (Å²) < 4.78 is 4.59. The molecule has 24 heavy (non-hydrogen) atoms. The highest BCUT2D eigenvalue weighted by molar-refractivity contribution is 6.30. The largest absolute Gasteiger partial charge is 0.465 e. The average molecular weight is 347 g/mol. The fraction of sp³-hybridized carbons (Fsp3) is 0.118. The number of hydrogen-bond donors (Lipinski definition) is 2. The van der Waals surface area contributed by atoms with Crippen LogP contribution in [-0.4, -0.2) is 24.9 Å². The fourth-order valence-electron chi connectivity index (χ4n) is 1.90. The van der Waals surface area contributed by atoms with Crippen molar-refractivity contribution in [3.05, 3.63) is 59.1 Å². The summed E-state index contributed by atoms with van der Waals surface area (Å²) in [6.45, 7) is 0. The third-order valence-electron chi connectivity index (χ3n) is 3.04. The highest BCUT2D eigenvalue weighted by atomic mass is 35.5. The Bertz CT molecular complexity index is 742. The van der Waals surface area contributed by atoms with Crippen LogP contribution in [0.15, 0.2) is 48.5 Å². The van der Waals surface area contributed by atoms with Crippen molar-refractivity contribution in [1.29, 1.82) is 0 Å². The number of esters is 1. The first kappa shape index (κ1) is 17.5. The molecule has 0 aromatic heterocycles. The minimum Gasteiger partial charge on any atom is -0.465 e. The second-order valence-electron chi connectivity index (χ2n) is 4.85. The molecule has 2 aromatic rings. The highest BCUT2D eigenvalue weighted by Crippen LogP contribution is 2.14. The van der Waals surface area contributed by atoms with Gasteiger partial charge in [0.05, 0.1) is 12.7 Å². The molecule has 2 N–H and O–H groups in total. The van der Waals surface area contributed by atoms with Crippen molar-refractivity contribution in [2.45, 2.75) is 6.42 Å². The standard InChI is InChI=1S/C17H15ClN2O4/c1-24-17(23)11-2-6-13(7-3-11)19-15(21)10-16(22)20-14-8-4-12(18)5-9-14/h2-9H,10H2,1H3,(H,19,21)(H,20,22). The van der Waals surface area contributed by atoms with Gasteiger partial charge in [-0.1, -0.05) is 11.6 Å². The van der Waals surface area contributed by atoms with Gasteiger partial charge in [-0.3, -0.25) is 9.59 Å². The Morgan fingerprint density at radius 2 is 1.33 bits per heavy atom. The molecular formula is C17H15ClN2O4. The summed E-state index contributed by atoms with van der Waals surface area (Å²) in [5, 5.41) is 5.73. The molecule has 0 atom stereocenters. The first-order valence-corrected chi connectivity index (χ1v) is 7.39. The Morgan fingerprint density at radius 3 is 1.79 bits per heavy atom. The van der Waals surface area contributed by atoms with Gasteiger partial charge in [0.1, 0.15) is 6.42 Å². The smallest absolute Gasteiger partial charge is 0.337 e. The van der Waals surface area contributed by atoms with Crippen LogP contribution in [0.25, 0.3) is 0 Å². The van der Waals surface area contributed by atoms with Crippen molar-refractivity contribution in [3.63, 3.8) is 0 Å². The molecule has 2 rings (SSSR count). The molecule has 0 spiro atoms. The molecule has 0 bridgehead atoms. The Morgan fingerprint density at radius 1 is 0.875 bits per heavy atom. The maximum Gasteiger partial charge on any atom is 0.337 e. The number of halogens is 1. The molecule has 2 aromatic carbocycles. The predicted molar refractivity (Wildman–Crippen MR) is 91.1 cm³/mol. The van der Waals surface area contributed by atoms with Gasteiger partial charge in [0.15, 0.2) is 0 Å².